The molecule has 0 aliphatic heterocycles. The Kier molecular flexibility index (Phi) is 7.63. The zero-order chi connectivity index (χ0) is 22.4. The SMILES string of the molecule is CCc1ccccc1NC(=NCc1c(C)nn(CC)c1C)NC(=O)c1ccccc1Br. The van der Waals surface area contributed by atoms with Crippen LogP contribution in [0.15, 0.2) is 58.0 Å². The minimum absolute atomic E-state index is 0.231. The number of rotatable bonds is 6. The molecular weight excluding hydrogens is 454 g/mol. The summed E-state index contributed by atoms with van der Waals surface area (Å²) < 4.78 is 2.70. The van der Waals surface area contributed by atoms with Crippen LogP contribution in [0.3, 0.4) is 0 Å². The minimum atomic E-state index is -0.231. The van der Waals surface area contributed by atoms with Crippen molar-refractivity contribution in [3.8, 4) is 0 Å². The van der Waals surface area contributed by atoms with Gasteiger partial charge in [0.25, 0.3) is 5.91 Å². The summed E-state index contributed by atoms with van der Waals surface area (Å²) in [6.07, 6.45) is 0.871. The van der Waals surface area contributed by atoms with Crippen molar-refractivity contribution in [1.82, 2.24) is 15.1 Å². The first-order chi connectivity index (χ1) is 14.9. The second-order valence-electron chi connectivity index (χ2n) is 7.20. The maximum absolute atomic E-state index is 12.9. The molecule has 0 fully saturated rings. The van der Waals surface area contributed by atoms with Gasteiger partial charge in [-0.2, -0.15) is 5.10 Å². The third-order valence-corrected chi connectivity index (χ3v) is 5.92. The summed E-state index contributed by atoms with van der Waals surface area (Å²) in [6, 6.07) is 15.4. The number of nitrogens with zero attached hydrogens (tertiary/aromatic N) is 3. The largest absolute Gasteiger partial charge is 0.326 e. The van der Waals surface area contributed by atoms with Crippen LogP contribution in [0.2, 0.25) is 0 Å². The Labute approximate surface area is 191 Å². The number of anilines is 1. The van der Waals surface area contributed by atoms with Gasteiger partial charge in [0.2, 0.25) is 5.96 Å². The van der Waals surface area contributed by atoms with Crippen molar-refractivity contribution < 1.29 is 4.79 Å². The van der Waals surface area contributed by atoms with E-state index in [-0.39, 0.29) is 5.91 Å². The van der Waals surface area contributed by atoms with Crippen LogP contribution < -0.4 is 10.6 Å². The molecule has 0 aliphatic rings. The van der Waals surface area contributed by atoms with Gasteiger partial charge >= 0.3 is 0 Å². The summed E-state index contributed by atoms with van der Waals surface area (Å²) in [7, 11) is 0. The molecule has 0 radical (unpaired) electrons. The lowest BCUT2D eigenvalue weighted by molar-refractivity contribution is 0.0976. The van der Waals surface area contributed by atoms with Gasteiger partial charge < -0.3 is 5.32 Å². The number of aromatic nitrogens is 2. The Balaban J connectivity index is 1.92. The Morgan fingerprint density at radius 3 is 2.48 bits per heavy atom. The van der Waals surface area contributed by atoms with E-state index in [2.05, 4.69) is 51.6 Å². The van der Waals surface area contributed by atoms with Crippen molar-refractivity contribution >= 4 is 33.5 Å². The van der Waals surface area contributed by atoms with E-state index in [9.17, 15) is 4.79 Å². The number of carbonyl (C=O) groups excluding carboxylic acids is 1. The Morgan fingerprint density at radius 1 is 1.10 bits per heavy atom. The Morgan fingerprint density at radius 2 is 1.81 bits per heavy atom. The van der Waals surface area contributed by atoms with Crippen LogP contribution in [0.1, 0.15) is 46.7 Å². The lowest BCUT2D eigenvalue weighted by Crippen LogP contribution is -2.36. The summed E-state index contributed by atoms with van der Waals surface area (Å²) in [5, 5.41) is 10.8. The van der Waals surface area contributed by atoms with E-state index in [1.807, 2.05) is 54.9 Å². The van der Waals surface area contributed by atoms with Gasteiger partial charge in [-0.25, -0.2) is 4.99 Å². The van der Waals surface area contributed by atoms with Crippen LogP contribution in [0.25, 0.3) is 0 Å². The second kappa shape index (κ2) is 10.4. The number of hydrogen-bond donors (Lipinski definition) is 2. The number of benzene rings is 2. The van der Waals surface area contributed by atoms with Crippen LogP contribution in [-0.2, 0) is 19.5 Å². The number of guanidine groups is 1. The summed E-state index contributed by atoms with van der Waals surface area (Å²) in [5.41, 5.74) is 5.74. The quantitative estimate of drug-likeness (QED) is 0.373. The molecule has 31 heavy (non-hydrogen) atoms. The monoisotopic (exact) mass is 481 g/mol. The molecule has 0 bridgehead atoms. The van der Waals surface area contributed by atoms with E-state index in [1.54, 1.807) is 6.07 Å². The van der Waals surface area contributed by atoms with Crippen LogP contribution in [0.4, 0.5) is 5.69 Å². The van der Waals surface area contributed by atoms with Gasteiger partial charge in [0.15, 0.2) is 0 Å². The number of carbonyl (C=O) groups is 1. The normalized spacial score (nSPS) is 11.5. The number of halogens is 1. The molecule has 2 aromatic carbocycles. The van der Waals surface area contributed by atoms with Crippen LogP contribution in [0.5, 0.6) is 0 Å². The average molecular weight is 482 g/mol. The predicted molar refractivity (Wildman–Crippen MR) is 130 cm³/mol. The fourth-order valence-electron chi connectivity index (χ4n) is 3.44. The third kappa shape index (κ3) is 5.41. The molecule has 3 rings (SSSR count). The van der Waals surface area contributed by atoms with Gasteiger partial charge in [0, 0.05) is 28.0 Å². The summed E-state index contributed by atoms with van der Waals surface area (Å²) in [6.45, 7) is 9.44. The molecule has 0 aliphatic carbocycles. The summed E-state index contributed by atoms with van der Waals surface area (Å²) >= 11 is 3.45. The molecule has 1 aromatic heterocycles. The summed E-state index contributed by atoms with van der Waals surface area (Å²) in [4.78, 5) is 17.7. The number of para-hydroxylation sites is 1. The molecule has 0 unspecified atom stereocenters. The van der Waals surface area contributed by atoms with E-state index in [4.69, 9.17) is 4.99 Å². The molecule has 6 nitrogen and oxygen atoms in total. The molecule has 0 saturated heterocycles. The highest BCUT2D eigenvalue weighted by Crippen LogP contribution is 2.18. The number of hydrogen-bond acceptors (Lipinski definition) is 3. The van der Waals surface area contributed by atoms with Crippen molar-refractivity contribution in [1.29, 1.82) is 0 Å². The van der Waals surface area contributed by atoms with Gasteiger partial charge in [-0.3, -0.25) is 14.8 Å². The lowest BCUT2D eigenvalue weighted by Gasteiger charge is -2.15. The minimum Gasteiger partial charge on any atom is -0.326 e. The van der Waals surface area contributed by atoms with Crippen molar-refractivity contribution in [3.63, 3.8) is 0 Å². The van der Waals surface area contributed by atoms with Crippen molar-refractivity contribution in [3.05, 3.63) is 81.1 Å². The molecule has 0 atom stereocenters. The highest BCUT2D eigenvalue weighted by atomic mass is 79.9. The van der Waals surface area contributed by atoms with E-state index in [0.717, 1.165) is 45.6 Å². The fraction of sp³-hybridized carbons (Fsp3) is 0.292. The smallest absolute Gasteiger partial charge is 0.259 e. The molecule has 0 spiro atoms. The zero-order valence-corrected chi connectivity index (χ0v) is 20.0. The summed E-state index contributed by atoms with van der Waals surface area (Å²) in [5.74, 6) is 0.176. The first-order valence-electron chi connectivity index (χ1n) is 10.4. The molecular formula is C24H28BrN5O. The molecule has 0 saturated carbocycles. The molecule has 162 valence electrons. The lowest BCUT2D eigenvalue weighted by atomic mass is 10.1. The van der Waals surface area contributed by atoms with Crippen LogP contribution in [0, 0.1) is 13.8 Å². The Hall–Kier alpha value is -2.93. The fourth-order valence-corrected chi connectivity index (χ4v) is 3.90. The van der Waals surface area contributed by atoms with Crippen molar-refractivity contribution in [2.24, 2.45) is 4.99 Å². The molecule has 3 aromatic rings. The average Bonchev–Trinajstić information content (AvgIpc) is 3.05. The first kappa shape index (κ1) is 22.7. The van der Waals surface area contributed by atoms with Gasteiger partial charge in [0.1, 0.15) is 0 Å². The molecule has 1 heterocycles. The predicted octanol–water partition coefficient (Wildman–Crippen LogP) is 5.24. The highest BCUT2D eigenvalue weighted by molar-refractivity contribution is 9.10. The molecule has 2 N–H and O–H groups in total. The highest BCUT2D eigenvalue weighted by Gasteiger charge is 2.15. The van der Waals surface area contributed by atoms with E-state index >= 15 is 0 Å². The van der Waals surface area contributed by atoms with Gasteiger partial charge in [-0.1, -0.05) is 37.3 Å². The number of aliphatic imine (C=N–C) groups is 1. The zero-order valence-electron chi connectivity index (χ0n) is 18.4. The first-order valence-corrected chi connectivity index (χ1v) is 11.2. The van der Waals surface area contributed by atoms with Crippen LogP contribution in [-0.4, -0.2) is 21.6 Å². The number of aryl methyl sites for hydroxylation is 3. The molecule has 7 heteroatoms. The van der Waals surface area contributed by atoms with Gasteiger partial charge in [-0.05, 0) is 66.9 Å². The van der Waals surface area contributed by atoms with Gasteiger partial charge in [0.05, 0.1) is 17.8 Å². The van der Waals surface area contributed by atoms with E-state index < -0.39 is 0 Å². The Bertz CT molecular complexity index is 1100. The maximum Gasteiger partial charge on any atom is 0.259 e. The van der Waals surface area contributed by atoms with Gasteiger partial charge in [-0.15, -0.1) is 0 Å². The second-order valence-corrected chi connectivity index (χ2v) is 8.05. The standard InChI is InChI=1S/C24H28BrN5O/c1-5-18-11-7-10-14-22(18)27-24(28-23(31)19-12-8-9-13-21(19)25)26-15-20-16(3)29-30(6-2)17(20)4/h7-14H,5-6,15H2,1-4H3,(H2,26,27,28,31). The molecule has 1 amide bonds. The third-order valence-electron chi connectivity index (χ3n) is 5.23. The van der Waals surface area contributed by atoms with E-state index in [1.165, 1.54) is 0 Å². The van der Waals surface area contributed by atoms with E-state index in [0.29, 0.717) is 18.1 Å². The number of nitrogens with one attached hydrogen (secondary N) is 2. The number of amides is 1. The van der Waals surface area contributed by atoms with Crippen molar-refractivity contribution in [2.45, 2.75) is 47.2 Å². The maximum atomic E-state index is 12.9. The van der Waals surface area contributed by atoms with Crippen molar-refractivity contribution in [2.75, 3.05) is 5.32 Å². The topological polar surface area (TPSA) is 71.3 Å². The van der Waals surface area contributed by atoms with Crippen LogP contribution >= 0.6 is 15.9 Å².